The van der Waals surface area contributed by atoms with Crippen LogP contribution in [0.1, 0.15) is 5.56 Å². The summed E-state index contributed by atoms with van der Waals surface area (Å²) in [5.41, 5.74) is 9.56. The Kier molecular flexibility index (Phi) is 1.65. The molecule has 1 heterocycles. The maximum atomic E-state index is 11.2. The van der Waals surface area contributed by atoms with Crippen molar-refractivity contribution in [3.8, 4) is 0 Å². The van der Waals surface area contributed by atoms with Gasteiger partial charge in [0, 0.05) is 0 Å². The van der Waals surface area contributed by atoms with Crippen molar-refractivity contribution in [2.45, 2.75) is 0 Å². The second kappa shape index (κ2) is 2.69. The van der Waals surface area contributed by atoms with E-state index in [1.165, 1.54) is 0 Å². The second-order valence-electron chi connectivity index (χ2n) is 2.57. The fourth-order valence-electron chi connectivity index (χ4n) is 1.26. The van der Waals surface area contributed by atoms with Crippen LogP contribution in [0.15, 0.2) is 18.2 Å². The molecule has 1 N–H and O–H groups in total. The van der Waals surface area contributed by atoms with Gasteiger partial charge >= 0.3 is 11.6 Å². The van der Waals surface area contributed by atoms with Gasteiger partial charge < -0.3 is 10.8 Å². The molecule has 2 rings (SSSR count). The molecular weight excluding hydrogens is 190 g/mol. The molecule has 1 amide bonds. The highest BCUT2D eigenvalue weighted by Gasteiger charge is 2.35. The van der Waals surface area contributed by atoms with Crippen LogP contribution in [0.25, 0.3) is 5.53 Å². The van der Waals surface area contributed by atoms with E-state index in [0.29, 0.717) is 16.3 Å². The molecule has 0 unspecified atom stereocenters. The van der Waals surface area contributed by atoms with E-state index >= 15 is 0 Å². The summed E-state index contributed by atoms with van der Waals surface area (Å²) >= 11 is 5.82. The van der Waals surface area contributed by atoms with Crippen molar-refractivity contribution in [2.24, 2.45) is 0 Å². The van der Waals surface area contributed by atoms with Gasteiger partial charge in [-0.1, -0.05) is 17.7 Å². The predicted molar refractivity (Wildman–Crippen MR) is 47.8 cm³/mol. The molecule has 13 heavy (non-hydrogen) atoms. The van der Waals surface area contributed by atoms with Crippen LogP contribution in [0.2, 0.25) is 5.02 Å². The molecule has 0 saturated heterocycles. The van der Waals surface area contributed by atoms with Crippen LogP contribution >= 0.6 is 11.6 Å². The van der Waals surface area contributed by atoms with Crippen molar-refractivity contribution in [2.75, 3.05) is 5.32 Å². The predicted octanol–water partition coefficient (Wildman–Crippen LogP) is 1.31. The Morgan fingerprint density at radius 2 is 2.23 bits per heavy atom. The van der Waals surface area contributed by atoms with Gasteiger partial charge in [-0.3, -0.25) is 4.79 Å². The summed E-state index contributed by atoms with van der Waals surface area (Å²) in [5, 5.41) is 2.92. The summed E-state index contributed by atoms with van der Waals surface area (Å²) in [7, 11) is 0. The third-order valence-corrected chi connectivity index (χ3v) is 2.13. The molecular formula is C8H4ClN3O. The van der Waals surface area contributed by atoms with Crippen LogP contribution in [-0.2, 0) is 4.79 Å². The number of rotatable bonds is 0. The van der Waals surface area contributed by atoms with E-state index in [0.717, 1.165) is 0 Å². The number of hydrogen-bond acceptors (Lipinski definition) is 1. The molecule has 64 valence electrons. The van der Waals surface area contributed by atoms with Crippen LogP contribution < -0.4 is 5.32 Å². The Balaban J connectivity index is 2.77. The van der Waals surface area contributed by atoms with Crippen LogP contribution in [0.4, 0.5) is 5.69 Å². The largest absolute Gasteiger partial charge is 0.390 e. The first-order valence-electron chi connectivity index (χ1n) is 3.56. The van der Waals surface area contributed by atoms with Crippen molar-refractivity contribution in [3.05, 3.63) is 34.3 Å². The monoisotopic (exact) mass is 193 g/mol. The first-order chi connectivity index (χ1) is 6.24. The van der Waals surface area contributed by atoms with Gasteiger partial charge in [0.1, 0.15) is 5.56 Å². The minimum atomic E-state index is -0.439. The third kappa shape index (κ3) is 1.04. The Labute approximate surface area is 78.8 Å². The average molecular weight is 194 g/mol. The van der Waals surface area contributed by atoms with Crippen molar-refractivity contribution in [3.63, 3.8) is 0 Å². The Morgan fingerprint density at radius 1 is 1.46 bits per heavy atom. The third-order valence-electron chi connectivity index (χ3n) is 1.81. The molecule has 0 spiro atoms. The summed E-state index contributed by atoms with van der Waals surface area (Å²) in [6.45, 7) is 0. The number of nitrogens with zero attached hydrogens (tertiary/aromatic N) is 2. The Hall–Kier alpha value is -1.64. The van der Waals surface area contributed by atoms with Crippen LogP contribution in [0.5, 0.6) is 0 Å². The number of nitrogens with one attached hydrogen (secondary N) is 1. The second-order valence-corrected chi connectivity index (χ2v) is 2.97. The standard InChI is InChI=1S/C8H4ClN3O/c9-4-2-1-3-5-6(4)7(12-10)8(13)11-5/h1-3H,(H,11,13). The zero-order valence-electron chi connectivity index (χ0n) is 6.41. The first-order valence-corrected chi connectivity index (χ1v) is 3.94. The van der Waals surface area contributed by atoms with Crippen molar-refractivity contribution in [1.82, 2.24) is 0 Å². The zero-order valence-corrected chi connectivity index (χ0v) is 7.17. The number of amides is 1. The van der Waals surface area contributed by atoms with E-state index in [4.69, 9.17) is 17.1 Å². The van der Waals surface area contributed by atoms with Crippen LogP contribution in [0.3, 0.4) is 0 Å². The molecule has 1 aromatic rings. The molecule has 5 heteroatoms. The molecule has 0 aromatic heterocycles. The van der Waals surface area contributed by atoms with E-state index in [-0.39, 0.29) is 5.71 Å². The molecule has 0 bridgehead atoms. The molecule has 1 aliphatic rings. The Bertz CT molecular complexity index is 449. The van der Waals surface area contributed by atoms with Gasteiger partial charge in [0.25, 0.3) is 0 Å². The molecule has 1 aromatic carbocycles. The van der Waals surface area contributed by atoms with E-state index in [1.54, 1.807) is 18.2 Å². The highest BCUT2D eigenvalue weighted by Crippen LogP contribution is 2.28. The smallest absolute Gasteiger partial charge is 0.361 e. The number of benzene rings is 1. The highest BCUT2D eigenvalue weighted by atomic mass is 35.5. The summed E-state index contributed by atoms with van der Waals surface area (Å²) in [5.74, 6) is -0.439. The average Bonchev–Trinajstić information content (AvgIpc) is 2.42. The Morgan fingerprint density at radius 3 is 2.92 bits per heavy atom. The fraction of sp³-hybridized carbons (Fsp3) is 0. The van der Waals surface area contributed by atoms with Gasteiger partial charge in [-0.05, 0) is 12.1 Å². The fourth-order valence-corrected chi connectivity index (χ4v) is 1.52. The number of carbonyl (C=O) groups is 1. The van der Waals surface area contributed by atoms with Gasteiger partial charge in [0.15, 0.2) is 0 Å². The molecule has 0 atom stereocenters. The minimum absolute atomic E-state index is 0.0411. The van der Waals surface area contributed by atoms with Crippen molar-refractivity contribution in [1.29, 1.82) is 0 Å². The molecule has 0 aliphatic carbocycles. The number of carbonyl (C=O) groups excluding carboxylic acids is 1. The first kappa shape index (κ1) is 7.98. The summed E-state index contributed by atoms with van der Waals surface area (Å²) in [4.78, 5) is 14.0. The highest BCUT2D eigenvalue weighted by molar-refractivity contribution is 6.54. The van der Waals surface area contributed by atoms with Gasteiger partial charge in [-0.2, -0.15) is 4.79 Å². The molecule has 0 radical (unpaired) electrons. The number of halogens is 1. The van der Waals surface area contributed by atoms with Gasteiger partial charge in [-0.25, -0.2) is 0 Å². The van der Waals surface area contributed by atoms with E-state index < -0.39 is 5.91 Å². The normalized spacial score (nSPS) is 13.6. The van der Waals surface area contributed by atoms with Gasteiger partial charge in [0.2, 0.25) is 0 Å². The number of anilines is 1. The SMILES string of the molecule is [N-]=[N+]=C1C(=O)Nc2cccc(Cl)c21. The lowest BCUT2D eigenvalue weighted by Gasteiger charge is -1.94. The molecule has 1 aliphatic heterocycles. The topological polar surface area (TPSA) is 65.5 Å². The number of fused-ring (bicyclic) bond motifs is 1. The van der Waals surface area contributed by atoms with E-state index in [2.05, 4.69) is 10.1 Å². The number of hydrogen-bond donors (Lipinski definition) is 1. The molecule has 4 nitrogen and oxygen atoms in total. The van der Waals surface area contributed by atoms with Crippen LogP contribution in [0, 0.1) is 0 Å². The minimum Gasteiger partial charge on any atom is -0.361 e. The maximum Gasteiger partial charge on any atom is 0.390 e. The quantitative estimate of drug-likeness (QED) is 0.490. The lowest BCUT2D eigenvalue weighted by atomic mass is 10.1. The van der Waals surface area contributed by atoms with Crippen molar-refractivity contribution < 1.29 is 9.58 Å². The van der Waals surface area contributed by atoms with E-state index in [1.807, 2.05) is 0 Å². The van der Waals surface area contributed by atoms with Crippen LogP contribution in [-0.4, -0.2) is 16.4 Å². The summed E-state index contributed by atoms with van der Waals surface area (Å²) in [6, 6.07) is 5.03. The van der Waals surface area contributed by atoms with Crippen molar-refractivity contribution >= 4 is 28.9 Å². The van der Waals surface area contributed by atoms with Gasteiger partial charge in [0.05, 0.1) is 10.7 Å². The lowest BCUT2D eigenvalue weighted by molar-refractivity contribution is -0.114. The lowest BCUT2D eigenvalue weighted by Crippen LogP contribution is -2.15. The maximum absolute atomic E-state index is 11.2. The summed E-state index contributed by atoms with van der Waals surface area (Å²) in [6.07, 6.45) is 0. The van der Waals surface area contributed by atoms with Gasteiger partial charge in [-0.15, -0.1) is 0 Å². The van der Waals surface area contributed by atoms with E-state index in [9.17, 15) is 4.79 Å². The molecule has 0 fully saturated rings. The summed E-state index contributed by atoms with van der Waals surface area (Å²) < 4.78 is 0. The zero-order chi connectivity index (χ0) is 9.42. The molecule has 0 saturated carbocycles.